The highest BCUT2D eigenvalue weighted by atomic mass is 15.1. The lowest BCUT2D eigenvalue weighted by Gasteiger charge is -2.36. The molecule has 2 heteroatoms. The number of hydrogen-bond acceptors (Lipinski definition) is 2. The van der Waals surface area contributed by atoms with E-state index in [2.05, 4.69) is 32.6 Å². The minimum absolute atomic E-state index is 0.452. The average molecular weight is 280 g/mol. The molecule has 1 aliphatic heterocycles. The monoisotopic (exact) mass is 280 g/mol. The van der Waals surface area contributed by atoms with Gasteiger partial charge in [-0.2, -0.15) is 0 Å². The van der Waals surface area contributed by atoms with Crippen LogP contribution in [0.5, 0.6) is 0 Å². The van der Waals surface area contributed by atoms with Crippen molar-refractivity contribution >= 4 is 0 Å². The molecule has 1 saturated carbocycles. The van der Waals surface area contributed by atoms with Gasteiger partial charge in [0.25, 0.3) is 0 Å². The van der Waals surface area contributed by atoms with Gasteiger partial charge in [-0.3, -0.25) is 0 Å². The van der Waals surface area contributed by atoms with Crippen molar-refractivity contribution in [2.75, 3.05) is 19.6 Å². The largest absolute Gasteiger partial charge is 0.327 e. The molecule has 0 amide bonds. The zero-order valence-corrected chi connectivity index (χ0v) is 14.2. The molecule has 20 heavy (non-hydrogen) atoms. The van der Waals surface area contributed by atoms with Gasteiger partial charge in [-0.05, 0) is 74.8 Å². The van der Waals surface area contributed by atoms with Crippen LogP contribution in [0.4, 0.5) is 0 Å². The maximum absolute atomic E-state index is 6.37. The molecule has 2 rings (SSSR count). The minimum atomic E-state index is 0.452. The summed E-state index contributed by atoms with van der Waals surface area (Å²) in [6.07, 6.45) is 8.09. The van der Waals surface area contributed by atoms with Crippen LogP contribution in [0.3, 0.4) is 0 Å². The van der Waals surface area contributed by atoms with Crippen molar-refractivity contribution in [3.8, 4) is 0 Å². The van der Waals surface area contributed by atoms with Crippen molar-refractivity contribution in [2.24, 2.45) is 28.9 Å². The van der Waals surface area contributed by atoms with E-state index < -0.39 is 0 Å². The zero-order valence-electron chi connectivity index (χ0n) is 14.2. The van der Waals surface area contributed by atoms with Crippen LogP contribution in [-0.4, -0.2) is 30.6 Å². The SMILES string of the molecule is CC1CCC(N)C(CN2CCCC(C(C)(C)C)CC2)C1. The number of nitrogens with two attached hydrogens (primary N) is 1. The van der Waals surface area contributed by atoms with Crippen molar-refractivity contribution in [1.29, 1.82) is 0 Å². The van der Waals surface area contributed by atoms with Gasteiger partial charge in [0.05, 0.1) is 0 Å². The van der Waals surface area contributed by atoms with Crippen molar-refractivity contribution in [3.05, 3.63) is 0 Å². The molecule has 1 aliphatic carbocycles. The van der Waals surface area contributed by atoms with E-state index in [1.54, 1.807) is 0 Å². The van der Waals surface area contributed by atoms with Crippen LogP contribution >= 0.6 is 0 Å². The topological polar surface area (TPSA) is 29.3 Å². The van der Waals surface area contributed by atoms with E-state index in [0.717, 1.165) is 17.8 Å². The fourth-order valence-corrected chi connectivity index (χ4v) is 4.27. The van der Waals surface area contributed by atoms with Gasteiger partial charge < -0.3 is 10.6 Å². The fourth-order valence-electron chi connectivity index (χ4n) is 4.27. The highest BCUT2D eigenvalue weighted by molar-refractivity contribution is 4.85. The molecular formula is C18H36N2. The second-order valence-corrected chi connectivity index (χ2v) is 8.64. The summed E-state index contributed by atoms with van der Waals surface area (Å²) in [6, 6.07) is 0.452. The summed E-state index contributed by atoms with van der Waals surface area (Å²) in [5.74, 6) is 2.52. The summed E-state index contributed by atoms with van der Waals surface area (Å²) < 4.78 is 0. The third kappa shape index (κ3) is 4.46. The van der Waals surface area contributed by atoms with Gasteiger partial charge >= 0.3 is 0 Å². The molecule has 0 aromatic rings. The van der Waals surface area contributed by atoms with Gasteiger partial charge in [0.2, 0.25) is 0 Å². The number of nitrogens with zero attached hydrogens (tertiary/aromatic N) is 1. The van der Waals surface area contributed by atoms with Crippen LogP contribution in [-0.2, 0) is 0 Å². The first kappa shape index (κ1) is 16.3. The van der Waals surface area contributed by atoms with Crippen molar-refractivity contribution in [2.45, 2.75) is 72.3 Å². The molecular weight excluding hydrogens is 244 g/mol. The Bertz CT molecular complexity index is 294. The third-order valence-electron chi connectivity index (χ3n) is 5.84. The summed E-state index contributed by atoms with van der Waals surface area (Å²) in [6.45, 7) is 13.5. The van der Waals surface area contributed by atoms with E-state index in [0.29, 0.717) is 11.5 Å². The fraction of sp³-hybridized carbons (Fsp3) is 1.00. The third-order valence-corrected chi connectivity index (χ3v) is 5.84. The molecule has 1 heterocycles. The lowest BCUT2D eigenvalue weighted by Crippen LogP contribution is -2.43. The average Bonchev–Trinajstić information content (AvgIpc) is 2.59. The van der Waals surface area contributed by atoms with E-state index in [-0.39, 0.29) is 0 Å². The molecule has 0 aromatic carbocycles. The van der Waals surface area contributed by atoms with E-state index in [1.165, 1.54) is 58.2 Å². The smallest absolute Gasteiger partial charge is 0.00795 e. The van der Waals surface area contributed by atoms with Crippen LogP contribution < -0.4 is 5.73 Å². The van der Waals surface area contributed by atoms with Gasteiger partial charge in [0.15, 0.2) is 0 Å². The van der Waals surface area contributed by atoms with Gasteiger partial charge in [-0.25, -0.2) is 0 Å². The van der Waals surface area contributed by atoms with E-state index >= 15 is 0 Å². The lowest BCUT2D eigenvalue weighted by atomic mass is 9.76. The first-order valence-corrected chi connectivity index (χ1v) is 8.84. The predicted molar refractivity (Wildman–Crippen MR) is 87.7 cm³/mol. The van der Waals surface area contributed by atoms with E-state index in [9.17, 15) is 0 Å². The zero-order chi connectivity index (χ0) is 14.8. The lowest BCUT2D eigenvalue weighted by molar-refractivity contribution is 0.157. The maximum atomic E-state index is 6.37. The molecule has 118 valence electrons. The number of rotatable bonds is 2. The van der Waals surface area contributed by atoms with Crippen LogP contribution in [0.25, 0.3) is 0 Å². The Hall–Kier alpha value is -0.0800. The minimum Gasteiger partial charge on any atom is -0.327 e. The summed E-state index contributed by atoms with van der Waals surface area (Å²) in [4.78, 5) is 2.72. The quantitative estimate of drug-likeness (QED) is 0.831. The van der Waals surface area contributed by atoms with Crippen LogP contribution in [0.1, 0.15) is 66.2 Å². The highest BCUT2D eigenvalue weighted by Gasteiger charge is 2.30. The van der Waals surface area contributed by atoms with Crippen LogP contribution in [0.2, 0.25) is 0 Å². The van der Waals surface area contributed by atoms with Gasteiger partial charge in [0, 0.05) is 12.6 Å². The van der Waals surface area contributed by atoms with Crippen molar-refractivity contribution < 1.29 is 0 Å². The first-order chi connectivity index (χ1) is 9.36. The molecule has 4 unspecified atom stereocenters. The molecule has 0 aromatic heterocycles. The standard InChI is InChI=1S/C18H36N2/c1-14-7-8-17(19)15(12-14)13-20-10-5-6-16(9-11-20)18(2,3)4/h14-17H,5-13,19H2,1-4H3. The Morgan fingerprint density at radius 1 is 1.05 bits per heavy atom. The first-order valence-electron chi connectivity index (χ1n) is 8.84. The molecule has 0 radical (unpaired) electrons. The molecule has 2 fully saturated rings. The Morgan fingerprint density at radius 2 is 1.80 bits per heavy atom. The second kappa shape index (κ2) is 6.79. The molecule has 0 bridgehead atoms. The second-order valence-electron chi connectivity index (χ2n) is 8.64. The molecule has 4 atom stereocenters. The van der Waals surface area contributed by atoms with Crippen LogP contribution in [0, 0.1) is 23.2 Å². The Labute approximate surface area is 126 Å². The van der Waals surface area contributed by atoms with E-state index in [4.69, 9.17) is 5.73 Å². The molecule has 2 aliphatic rings. The van der Waals surface area contributed by atoms with Crippen molar-refractivity contribution in [1.82, 2.24) is 4.90 Å². The number of hydrogen-bond donors (Lipinski definition) is 1. The molecule has 0 spiro atoms. The van der Waals surface area contributed by atoms with E-state index in [1.807, 2.05) is 0 Å². The summed E-state index contributed by atoms with van der Waals surface area (Å²) >= 11 is 0. The van der Waals surface area contributed by atoms with Crippen LogP contribution in [0.15, 0.2) is 0 Å². The Morgan fingerprint density at radius 3 is 2.50 bits per heavy atom. The normalized spacial score (nSPS) is 37.6. The Balaban J connectivity index is 1.84. The highest BCUT2D eigenvalue weighted by Crippen LogP contribution is 2.35. The molecule has 1 saturated heterocycles. The molecule has 2 nitrogen and oxygen atoms in total. The van der Waals surface area contributed by atoms with Gasteiger partial charge in [0.1, 0.15) is 0 Å². The van der Waals surface area contributed by atoms with Gasteiger partial charge in [-0.15, -0.1) is 0 Å². The number of likely N-dealkylation sites (tertiary alicyclic amines) is 1. The summed E-state index contributed by atoms with van der Waals surface area (Å²) in [5, 5.41) is 0. The maximum Gasteiger partial charge on any atom is 0.00795 e. The Kier molecular flexibility index (Phi) is 5.53. The summed E-state index contributed by atoms with van der Waals surface area (Å²) in [5.41, 5.74) is 6.85. The van der Waals surface area contributed by atoms with Gasteiger partial charge in [-0.1, -0.05) is 27.7 Å². The predicted octanol–water partition coefficient (Wildman–Crippen LogP) is 3.90. The molecule has 2 N–H and O–H groups in total. The van der Waals surface area contributed by atoms with Crippen molar-refractivity contribution in [3.63, 3.8) is 0 Å². The summed E-state index contributed by atoms with van der Waals surface area (Å²) in [7, 11) is 0.